The number of thioether (sulfide) groups is 1. The predicted octanol–water partition coefficient (Wildman–Crippen LogP) is 4.50. The number of rotatable bonds is 5. The average Bonchev–Trinajstić information content (AvgIpc) is 3.27. The maximum Gasteiger partial charge on any atom is 0.266 e. The number of carbonyl (C=O) groups is 1. The number of hydrogen-bond acceptors (Lipinski definition) is 6. The highest BCUT2D eigenvalue weighted by Crippen LogP contribution is 2.34. The average molecular weight is 466 g/mol. The molecular weight excluding hydrogens is 450 g/mol. The lowest BCUT2D eigenvalue weighted by Crippen LogP contribution is -2.23. The summed E-state index contributed by atoms with van der Waals surface area (Å²) in [7, 11) is 0. The first-order chi connectivity index (χ1) is 15.6. The second-order valence-electron chi connectivity index (χ2n) is 6.91. The van der Waals surface area contributed by atoms with Crippen LogP contribution in [0.4, 0.5) is 5.69 Å². The fraction of sp³-hybridized carbons (Fsp3) is 0.0870. The number of nitrogens with one attached hydrogen (secondary N) is 1. The lowest BCUT2D eigenvalue weighted by atomic mass is 10.2. The molecule has 0 fully saturated rings. The molecule has 1 aromatic heterocycles. The van der Waals surface area contributed by atoms with Crippen LogP contribution >= 0.6 is 23.4 Å². The van der Waals surface area contributed by atoms with Gasteiger partial charge in [-0.05, 0) is 36.4 Å². The summed E-state index contributed by atoms with van der Waals surface area (Å²) in [6.07, 6.45) is 0. The molecule has 0 saturated carbocycles. The van der Waals surface area contributed by atoms with Gasteiger partial charge in [-0.3, -0.25) is 14.2 Å². The minimum absolute atomic E-state index is 0.0453. The molecule has 1 aliphatic rings. The molecule has 9 heteroatoms. The maximum absolute atomic E-state index is 13.3. The number of hydrogen-bond donors (Lipinski definition) is 1. The summed E-state index contributed by atoms with van der Waals surface area (Å²) in [5, 5.41) is 4.09. The number of anilines is 1. The van der Waals surface area contributed by atoms with Gasteiger partial charge in [-0.25, -0.2) is 4.98 Å². The first-order valence-corrected chi connectivity index (χ1v) is 11.1. The van der Waals surface area contributed by atoms with Crippen LogP contribution in [0.3, 0.4) is 0 Å². The Morgan fingerprint density at radius 1 is 1.06 bits per heavy atom. The zero-order chi connectivity index (χ0) is 22.1. The Balaban J connectivity index is 1.44. The van der Waals surface area contributed by atoms with Crippen molar-refractivity contribution in [1.82, 2.24) is 9.55 Å². The second kappa shape index (κ2) is 8.57. The van der Waals surface area contributed by atoms with Crippen molar-refractivity contribution in [3.8, 4) is 17.2 Å². The van der Waals surface area contributed by atoms with E-state index in [4.69, 9.17) is 21.1 Å². The minimum Gasteiger partial charge on any atom is -0.454 e. The molecule has 0 radical (unpaired) electrons. The third kappa shape index (κ3) is 3.90. The Morgan fingerprint density at radius 2 is 1.84 bits per heavy atom. The summed E-state index contributed by atoms with van der Waals surface area (Å²) >= 11 is 7.53. The molecule has 0 bridgehead atoms. The monoisotopic (exact) mass is 465 g/mol. The molecule has 160 valence electrons. The standard InChI is InChI=1S/C23H16ClN3O4S/c24-16-6-2-4-8-18(16)27-22(29)15-5-1-3-7-17(15)26-23(27)32-12-21(28)25-14-9-10-19-20(11-14)31-13-30-19/h1-11H,12-13H2,(H,25,28). The number of para-hydroxylation sites is 2. The molecule has 0 aliphatic carbocycles. The lowest BCUT2D eigenvalue weighted by Gasteiger charge is -2.14. The molecule has 0 atom stereocenters. The Kier molecular flexibility index (Phi) is 5.46. The third-order valence-electron chi connectivity index (χ3n) is 4.83. The third-order valence-corrected chi connectivity index (χ3v) is 6.09. The van der Waals surface area contributed by atoms with E-state index in [1.54, 1.807) is 60.7 Å². The lowest BCUT2D eigenvalue weighted by molar-refractivity contribution is -0.113. The van der Waals surface area contributed by atoms with Gasteiger partial charge in [0.1, 0.15) is 0 Å². The van der Waals surface area contributed by atoms with Crippen LogP contribution in [0.15, 0.2) is 76.7 Å². The van der Waals surface area contributed by atoms with Crippen LogP contribution in [0, 0.1) is 0 Å². The van der Waals surface area contributed by atoms with Gasteiger partial charge in [-0.1, -0.05) is 47.6 Å². The van der Waals surface area contributed by atoms with Crippen molar-refractivity contribution in [1.29, 1.82) is 0 Å². The van der Waals surface area contributed by atoms with Crippen LogP contribution in [0.2, 0.25) is 5.02 Å². The van der Waals surface area contributed by atoms with Crippen LogP contribution in [0.1, 0.15) is 0 Å². The van der Waals surface area contributed by atoms with Gasteiger partial charge in [0, 0.05) is 11.8 Å². The van der Waals surface area contributed by atoms with E-state index in [1.807, 2.05) is 6.07 Å². The fourth-order valence-corrected chi connectivity index (χ4v) is 4.38. The number of carbonyl (C=O) groups excluding carboxylic acids is 1. The zero-order valence-electron chi connectivity index (χ0n) is 16.6. The maximum atomic E-state index is 13.3. The summed E-state index contributed by atoms with van der Waals surface area (Å²) in [5.74, 6) is 1.02. The molecule has 5 rings (SSSR count). The minimum atomic E-state index is -0.248. The topological polar surface area (TPSA) is 82.5 Å². The largest absolute Gasteiger partial charge is 0.454 e. The van der Waals surface area contributed by atoms with E-state index < -0.39 is 0 Å². The van der Waals surface area contributed by atoms with E-state index in [1.165, 1.54) is 4.57 Å². The highest BCUT2D eigenvalue weighted by atomic mass is 35.5. The predicted molar refractivity (Wildman–Crippen MR) is 124 cm³/mol. The van der Waals surface area contributed by atoms with Gasteiger partial charge in [0.05, 0.1) is 27.4 Å². The van der Waals surface area contributed by atoms with E-state index in [2.05, 4.69) is 10.3 Å². The molecule has 32 heavy (non-hydrogen) atoms. The van der Waals surface area contributed by atoms with E-state index in [0.717, 1.165) is 11.8 Å². The Morgan fingerprint density at radius 3 is 2.72 bits per heavy atom. The van der Waals surface area contributed by atoms with Crippen LogP contribution in [0.25, 0.3) is 16.6 Å². The SMILES string of the molecule is O=C(CSc1nc2ccccc2c(=O)n1-c1ccccc1Cl)Nc1ccc2c(c1)OCO2. The van der Waals surface area contributed by atoms with Gasteiger partial charge >= 0.3 is 0 Å². The molecule has 3 aromatic carbocycles. The van der Waals surface area contributed by atoms with Crippen molar-refractivity contribution in [2.75, 3.05) is 17.9 Å². The van der Waals surface area contributed by atoms with Crippen molar-refractivity contribution >= 4 is 45.9 Å². The molecule has 0 saturated heterocycles. The molecule has 0 spiro atoms. The summed E-state index contributed by atoms with van der Waals surface area (Å²) in [6, 6.07) is 19.3. The fourth-order valence-electron chi connectivity index (χ4n) is 3.36. The van der Waals surface area contributed by atoms with Crippen molar-refractivity contribution in [2.45, 2.75) is 5.16 Å². The second-order valence-corrected chi connectivity index (χ2v) is 8.26. The molecule has 2 heterocycles. The molecule has 1 aliphatic heterocycles. The van der Waals surface area contributed by atoms with E-state index in [9.17, 15) is 9.59 Å². The molecule has 1 N–H and O–H groups in total. The van der Waals surface area contributed by atoms with Gasteiger partial charge in [-0.15, -0.1) is 0 Å². The van der Waals surface area contributed by atoms with Crippen LogP contribution in [-0.2, 0) is 4.79 Å². The van der Waals surface area contributed by atoms with Crippen molar-refractivity contribution in [2.24, 2.45) is 0 Å². The van der Waals surface area contributed by atoms with E-state index in [0.29, 0.717) is 44.0 Å². The molecule has 0 unspecified atom stereocenters. The Bertz CT molecular complexity index is 1410. The number of halogens is 1. The van der Waals surface area contributed by atoms with Crippen LogP contribution in [0.5, 0.6) is 11.5 Å². The number of aromatic nitrogens is 2. The van der Waals surface area contributed by atoms with Crippen molar-refractivity contribution < 1.29 is 14.3 Å². The number of amides is 1. The quantitative estimate of drug-likeness (QED) is 0.345. The van der Waals surface area contributed by atoms with Crippen LogP contribution < -0.4 is 20.3 Å². The van der Waals surface area contributed by atoms with Gasteiger partial charge in [0.15, 0.2) is 16.7 Å². The summed E-state index contributed by atoms with van der Waals surface area (Å²) < 4.78 is 12.1. The molecular formula is C23H16ClN3O4S. The van der Waals surface area contributed by atoms with Gasteiger partial charge in [0.2, 0.25) is 12.7 Å². The number of benzene rings is 3. The first kappa shape index (κ1) is 20.4. The number of ether oxygens (including phenoxy) is 2. The van der Waals surface area contributed by atoms with Gasteiger partial charge in [0.25, 0.3) is 5.56 Å². The normalized spacial score (nSPS) is 12.2. The highest BCUT2D eigenvalue weighted by Gasteiger charge is 2.17. The molecule has 1 amide bonds. The van der Waals surface area contributed by atoms with Crippen LogP contribution in [-0.4, -0.2) is 28.0 Å². The first-order valence-electron chi connectivity index (χ1n) is 9.69. The van der Waals surface area contributed by atoms with Crippen molar-refractivity contribution in [3.05, 3.63) is 82.1 Å². The molecule has 7 nitrogen and oxygen atoms in total. The van der Waals surface area contributed by atoms with E-state index in [-0.39, 0.29) is 24.0 Å². The number of fused-ring (bicyclic) bond motifs is 2. The highest BCUT2D eigenvalue weighted by molar-refractivity contribution is 7.99. The summed E-state index contributed by atoms with van der Waals surface area (Å²) in [4.78, 5) is 30.5. The Labute approximate surface area is 191 Å². The van der Waals surface area contributed by atoms with Crippen molar-refractivity contribution in [3.63, 3.8) is 0 Å². The smallest absolute Gasteiger partial charge is 0.266 e. The summed E-state index contributed by atoms with van der Waals surface area (Å²) in [6.45, 7) is 0.162. The van der Waals surface area contributed by atoms with E-state index >= 15 is 0 Å². The van der Waals surface area contributed by atoms with Gasteiger partial charge < -0.3 is 14.8 Å². The number of nitrogens with zero attached hydrogens (tertiary/aromatic N) is 2. The van der Waals surface area contributed by atoms with Gasteiger partial charge in [-0.2, -0.15) is 0 Å². The zero-order valence-corrected chi connectivity index (χ0v) is 18.2. The summed E-state index contributed by atoms with van der Waals surface area (Å²) in [5.41, 5.74) is 1.41. The molecule has 4 aromatic rings. The Hall–Kier alpha value is -3.49.